The van der Waals surface area contributed by atoms with Gasteiger partial charge in [-0.25, -0.2) is 9.98 Å². The topological polar surface area (TPSA) is 95.2 Å². The Morgan fingerprint density at radius 1 is 1.05 bits per heavy atom. The van der Waals surface area contributed by atoms with E-state index in [0.29, 0.717) is 30.8 Å². The molecule has 0 aromatic rings. The van der Waals surface area contributed by atoms with Crippen LogP contribution in [0, 0.1) is 11.3 Å². The lowest BCUT2D eigenvalue weighted by Crippen LogP contribution is -2.37. The largest absolute Gasteiger partial charge is 0.475 e. The van der Waals surface area contributed by atoms with Gasteiger partial charge in [0.1, 0.15) is 29.7 Å². The molecule has 0 bridgehead atoms. The average Bonchev–Trinajstić information content (AvgIpc) is 3.02. The highest BCUT2D eigenvalue weighted by Crippen LogP contribution is 2.33. The molecule has 0 fully saturated rings. The van der Waals surface area contributed by atoms with Crippen molar-refractivity contribution in [3.8, 4) is 0 Å². The van der Waals surface area contributed by atoms with Crippen LogP contribution in [0.15, 0.2) is 9.98 Å². The molecule has 0 spiro atoms. The van der Waals surface area contributed by atoms with Crippen LogP contribution in [-0.4, -0.2) is 49.2 Å². The summed E-state index contributed by atoms with van der Waals surface area (Å²) in [6, 6.07) is 0.0106. The van der Waals surface area contributed by atoms with Crippen LogP contribution in [-0.2, 0) is 9.47 Å². The molecule has 4 unspecified atom stereocenters. The van der Waals surface area contributed by atoms with Gasteiger partial charge in [-0.05, 0) is 26.7 Å². The highest BCUT2D eigenvalue weighted by molar-refractivity contribution is 6.05. The van der Waals surface area contributed by atoms with Gasteiger partial charge in [0.2, 0.25) is 0 Å². The minimum atomic E-state index is -0.491. The first kappa shape index (κ1) is 16.2. The Kier molecular flexibility index (Phi) is 4.58. The zero-order chi connectivity index (χ0) is 15.8. The molecule has 4 N–H and O–H groups in total. The molecule has 2 aliphatic rings. The number of rotatable bonds is 5. The quantitative estimate of drug-likeness (QED) is 0.789. The number of hydrogen-bond donors (Lipinski definition) is 2. The SMILES string of the molecule is CC(C)C1OC(C(C)(C)C2=NC(CN)C(C)O2)=NC1CN. The van der Waals surface area contributed by atoms with Crippen molar-refractivity contribution in [2.45, 2.75) is 58.9 Å². The van der Waals surface area contributed by atoms with Gasteiger partial charge in [0.25, 0.3) is 0 Å². The third-order valence-electron chi connectivity index (χ3n) is 4.24. The van der Waals surface area contributed by atoms with Crippen molar-refractivity contribution >= 4 is 11.8 Å². The number of aliphatic imine (C=N–C) groups is 2. The molecule has 21 heavy (non-hydrogen) atoms. The maximum atomic E-state index is 6.09. The van der Waals surface area contributed by atoms with Gasteiger partial charge in [0, 0.05) is 13.1 Å². The number of ether oxygens (including phenoxy) is 2. The zero-order valence-corrected chi connectivity index (χ0v) is 13.7. The molecule has 0 saturated heterocycles. The van der Waals surface area contributed by atoms with Gasteiger partial charge in [-0.1, -0.05) is 13.8 Å². The molecular formula is C15H28N4O2. The molecular weight excluding hydrogens is 268 g/mol. The van der Waals surface area contributed by atoms with E-state index in [2.05, 4.69) is 23.8 Å². The number of nitrogens with zero attached hydrogens (tertiary/aromatic N) is 2. The Balaban J connectivity index is 2.21. The molecule has 0 aromatic heterocycles. The molecule has 2 heterocycles. The van der Waals surface area contributed by atoms with Crippen LogP contribution < -0.4 is 11.5 Å². The summed E-state index contributed by atoms with van der Waals surface area (Å²) >= 11 is 0. The van der Waals surface area contributed by atoms with Gasteiger partial charge in [-0.2, -0.15) is 0 Å². The molecule has 2 rings (SSSR count). The molecule has 0 aromatic carbocycles. The fraction of sp³-hybridized carbons (Fsp3) is 0.867. The first-order chi connectivity index (χ1) is 9.81. The van der Waals surface area contributed by atoms with E-state index in [-0.39, 0.29) is 24.3 Å². The predicted octanol–water partition coefficient (Wildman–Crippen LogP) is 0.938. The molecule has 120 valence electrons. The van der Waals surface area contributed by atoms with Crippen LogP contribution in [0.3, 0.4) is 0 Å². The van der Waals surface area contributed by atoms with Crippen LogP contribution in [0.25, 0.3) is 0 Å². The van der Waals surface area contributed by atoms with E-state index < -0.39 is 5.41 Å². The molecule has 0 amide bonds. The second kappa shape index (κ2) is 5.93. The first-order valence-corrected chi connectivity index (χ1v) is 7.71. The van der Waals surface area contributed by atoms with Gasteiger partial charge in [-0.3, -0.25) is 0 Å². The maximum absolute atomic E-state index is 6.09. The Hall–Kier alpha value is -1.14. The monoisotopic (exact) mass is 296 g/mol. The third-order valence-corrected chi connectivity index (χ3v) is 4.24. The van der Waals surface area contributed by atoms with Gasteiger partial charge < -0.3 is 20.9 Å². The Labute approximate surface area is 127 Å². The van der Waals surface area contributed by atoms with E-state index in [0.717, 1.165) is 0 Å². The van der Waals surface area contributed by atoms with Crippen molar-refractivity contribution in [1.29, 1.82) is 0 Å². The summed E-state index contributed by atoms with van der Waals surface area (Å²) in [4.78, 5) is 9.28. The minimum absolute atomic E-state index is 0.00233. The molecule has 6 nitrogen and oxygen atoms in total. The smallest absolute Gasteiger partial charge is 0.199 e. The zero-order valence-electron chi connectivity index (χ0n) is 13.7. The first-order valence-electron chi connectivity index (χ1n) is 7.71. The molecule has 6 heteroatoms. The Morgan fingerprint density at radius 3 is 2.00 bits per heavy atom. The standard InChI is InChI=1S/C15H28N4O2/c1-8(2)12-11(7-17)19-14(21-12)15(4,5)13-18-10(6-16)9(3)20-13/h8-12H,6-7,16-17H2,1-5H3. The molecule has 4 atom stereocenters. The summed E-state index contributed by atoms with van der Waals surface area (Å²) in [5.74, 6) is 1.68. The van der Waals surface area contributed by atoms with Crippen LogP contribution >= 0.6 is 0 Å². The predicted molar refractivity (Wildman–Crippen MR) is 84.6 cm³/mol. The van der Waals surface area contributed by atoms with Crippen molar-refractivity contribution < 1.29 is 9.47 Å². The molecule has 0 saturated carbocycles. The van der Waals surface area contributed by atoms with Crippen molar-refractivity contribution in [3.63, 3.8) is 0 Å². The fourth-order valence-corrected chi connectivity index (χ4v) is 2.72. The van der Waals surface area contributed by atoms with Gasteiger partial charge >= 0.3 is 0 Å². The minimum Gasteiger partial charge on any atom is -0.475 e. The van der Waals surface area contributed by atoms with E-state index in [1.54, 1.807) is 0 Å². The van der Waals surface area contributed by atoms with E-state index in [1.807, 2.05) is 20.8 Å². The van der Waals surface area contributed by atoms with Crippen molar-refractivity contribution in [1.82, 2.24) is 0 Å². The van der Waals surface area contributed by atoms with E-state index in [9.17, 15) is 0 Å². The second-order valence-electron chi connectivity index (χ2n) is 6.75. The summed E-state index contributed by atoms with van der Waals surface area (Å²) in [5.41, 5.74) is 11.1. The van der Waals surface area contributed by atoms with Gasteiger partial charge in [0.15, 0.2) is 11.8 Å². The lowest BCUT2D eigenvalue weighted by Gasteiger charge is -2.26. The Bertz CT molecular complexity index is 445. The van der Waals surface area contributed by atoms with Gasteiger partial charge in [-0.15, -0.1) is 0 Å². The second-order valence-corrected chi connectivity index (χ2v) is 6.75. The van der Waals surface area contributed by atoms with Crippen molar-refractivity contribution in [2.24, 2.45) is 32.8 Å². The van der Waals surface area contributed by atoms with E-state index in [1.165, 1.54) is 0 Å². The van der Waals surface area contributed by atoms with Crippen LogP contribution in [0.5, 0.6) is 0 Å². The summed E-state index contributed by atoms with van der Waals surface area (Å²) in [6.45, 7) is 11.2. The summed E-state index contributed by atoms with van der Waals surface area (Å²) in [6.07, 6.45) is 0.0199. The normalized spacial score (nSPS) is 32.8. The summed E-state index contributed by atoms with van der Waals surface area (Å²) in [7, 11) is 0. The third kappa shape index (κ3) is 2.92. The molecule has 0 radical (unpaired) electrons. The lowest BCUT2D eigenvalue weighted by atomic mass is 9.93. The number of hydrogen-bond acceptors (Lipinski definition) is 6. The fourth-order valence-electron chi connectivity index (χ4n) is 2.72. The number of nitrogens with two attached hydrogens (primary N) is 2. The van der Waals surface area contributed by atoms with Crippen LogP contribution in [0.4, 0.5) is 0 Å². The van der Waals surface area contributed by atoms with Crippen LogP contribution in [0.2, 0.25) is 0 Å². The van der Waals surface area contributed by atoms with Crippen molar-refractivity contribution in [2.75, 3.05) is 13.1 Å². The maximum Gasteiger partial charge on any atom is 0.199 e. The Morgan fingerprint density at radius 2 is 1.57 bits per heavy atom. The van der Waals surface area contributed by atoms with E-state index >= 15 is 0 Å². The average molecular weight is 296 g/mol. The summed E-state index contributed by atoms with van der Waals surface area (Å²) < 4.78 is 12.0. The van der Waals surface area contributed by atoms with E-state index in [4.69, 9.17) is 20.9 Å². The van der Waals surface area contributed by atoms with Gasteiger partial charge in [0.05, 0.1) is 0 Å². The lowest BCUT2D eigenvalue weighted by molar-refractivity contribution is 0.128. The van der Waals surface area contributed by atoms with Crippen molar-refractivity contribution in [3.05, 3.63) is 0 Å². The van der Waals surface area contributed by atoms with Crippen LogP contribution in [0.1, 0.15) is 34.6 Å². The highest BCUT2D eigenvalue weighted by Gasteiger charge is 2.45. The molecule has 2 aliphatic heterocycles. The molecule has 0 aliphatic carbocycles. The summed E-state index contributed by atoms with van der Waals surface area (Å²) in [5, 5.41) is 0. The highest BCUT2D eigenvalue weighted by atomic mass is 16.5.